The molecule has 0 spiro atoms. The summed E-state index contributed by atoms with van der Waals surface area (Å²) in [7, 11) is 0. The van der Waals surface area contributed by atoms with Crippen LogP contribution in [0, 0.1) is 13.8 Å². The van der Waals surface area contributed by atoms with E-state index in [1.807, 2.05) is 55.6 Å². The Hall–Kier alpha value is -4.25. The van der Waals surface area contributed by atoms with E-state index in [-0.39, 0.29) is 11.3 Å². The molecule has 7 nitrogen and oxygen atoms in total. The Bertz CT molecular complexity index is 1800. The second-order valence-electron chi connectivity index (χ2n) is 10.0. The van der Waals surface area contributed by atoms with Gasteiger partial charge in [0, 0.05) is 16.2 Å². The quantitative estimate of drug-likeness (QED) is 0.0590. The van der Waals surface area contributed by atoms with Gasteiger partial charge in [-0.3, -0.25) is 14.5 Å². The lowest BCUT2D eigenvalue weighted by Gasteiger charge is -2.20. The molecule has 3 heterocycles. The lowest BCUT2D eigenvalue weighted by molar-refractivity contribution is -0.132. The van der Waals surface area contributed by atoms with Crippen LogP contribution in [-0.4, -0.2) is 27.0 Å². The summed E-state index contributed by atoms with van der Waals surface area (Å²) in [6.07, 6.45) is 0. The second-order valence-corrected chi connectivity index (χ2v) is 13.2. The third-order valence-electron chi connectivity index (χ3n) is 7.13. The third-order valence-corrected chi connectivity index (χ3v) is 10.2. The first-order chi connectivity index (χ1) is 20.9. The minimum Gasteiger partial charge on any atom is -0.507 e. The zero-order chi connectivity index (χ0) is 29.9. The number of aryl methyl sites for hydroxylation is 2. The van der Waals surface area contributed by atoms with E-state index >= 15 is 0 Å². The first kappa shape index (κ1) is 28.9. The first-order valence-corrected chi connectivity index (χ1v) is 16.2. The van der Waals surface area contributed by atoms with Gasteiger partial charge in [-0.05, 0) is 66.2 Å². The van der Waals surface area contributed by atoms with E-state index in [1.165, 1.54) is 44.9 Å². The molecule has 0 radical (unpaired) electrons. The summed E-state index contributed by atoms with van der Waals surface area (Å²) in [6, 6.07) is 26.0. The molecule has 1 atom stereocenters. The van der Waals surface area contributed by atoms with E-state index in [4.69, 9.17) is 4.74 Å². The highest BCUT2D eigenvalue weighted by molar-refractivity contribution is 8.00. The van der Waals surface area contributed by atoms with Crippen LogP contribution in [-0.2, 0) is 21.9 Å². The number of aliphatic hydroxyl groups is 1. The second kappa shape index (κ2) is 12.5. The highest BCUT2D eigenvalue weighted by atomic mass is 32.2. The molecular weight excluding hydrogens is 599 g/mol. The van der Waals surface area contributed by atoms with Gasteiger partial charge in [-0.1, -0.05) is 83.3 Å². The highest BCUT2D eigenvalue weighted by Crippen LogP contribution is 2.45. The Morgan fingerprint density at radius 1 is 0.953 bits per heavy atom. The fourth-order valence-electron chi connectivity index (χ4n) is 4.73. The third kappa shape index (κ3) is 6.13. The van der Waals surface area contributed by atoms with Crippen molar-refractivity contribution in [2.24, 2.45) is 0 Å². The molecule has 1 aliphatic heterocycles. The van der Waals surface area contributed by atoms with Gasteiger partial charge in [-0.2, -0.15) is 0 Å². The van der Waals surface area contributed by atoms with Crippen molar-refractivity contribution >= 4 is 57.0 Å². The van der Waals surface area contributed by atoms with Crippen molar-refractivity contribution in [3.8, 4) is 5.75 Å². The molecule has 1 unspecified atom stereocenters. The summed E-state index contributed by atoms with van der Waals surface area (Å²) < 4.78 is 6.62. The molecule has 1 amide bonds. The van der Waals surface area contributed by atoms with Crippen molar-refractivity contribution in [2.75, 3.05) is 4.90 Å². The molecule has 1 aliphatic rings. The minimum absolute atomic E-state index is 0.0186. The Balaban J connectivity index is 1.26. The molecule has 10 heteroatoms. The summed E-state index contributed by atoms with van der Waals surface area (Å²) in [5.41, 5.74) is 5.00. The lowest BCUT2D eigenvalue weighted by atomic mass is 10.00. The van der Waals surface area contributed by atoms with E-state index in [2.05, 4.69) is 34.5 Å². The van der Waals surface area contributed by atoms with Crippen molar-refractivity contribution in [2.45, 2.75) is 36.6 Å². The molecular formula is C33H27N3O4S3. The largest absolute Gasteiger partial charge is 0.507 e. The maximum atomic E-state index is 13.4. The molecule has 43 heavy (non-hydrogen) atoms. The Morgan fingerprint density at radius 3 is 2.44 bits per heavy atom. The molecule has 1 fully saturated rings. The van der Waals surface area contributed by atoms with Crippen LogP contribution in [0.15, 0.2) is 100 Å². The Morgan fingerprint density at radius 2 is 1.72 bits per heavy atom. The molecule has 0 bridgehead atoms. The van der Waals surface area contributed by atoms with E-state index in [9.17, 15) is 14.7 Å². The fraction of sp³-hybridized carbons (Fsp3) is 0.152. The van der Waals surface area contributed by atoms with Crippen molar-refractivity contribution in [3.05, 3.63) is 129 Å². The number of aliphatic hydroxyl groups excluding tert-OH is 1. The number of ketones is 1. The number of carbonyl (C=O) groups is 2. The van der Waals surface area contributed by atoms with Crippen LogP contribution in [0.25, 0.3) is 5.76 Å². The predicted molar refractivity (Wildman–Crippen MR) is 172 cm³/mol. The van der Waals surface area contributed by atoms with Gasteiger partial charge >= 0.3 is 5.91 Å². The number of benzene rings is 3. The first-order valence-electron chi connectivity index (χ1n) is 13.5. The monoisotopic (exact) mass is 625 g/mol. The van der Waals surface area contributed by atoms with Gasteiger partial charge in [0.1, 0.15) is 24.2 Å². The van der Waals surface area contributed by atoms with E-state index in [0.29, 0.717) is 33.1 Å². The van der Waals surface area contributed by atoms with Gasteiger partial charge in [-0.15, -0.1) is 21.5 Å². The molecule has 216 valence electrons. The van der Waals surface area contributed by atoms with Crippen LogP contribution in [0.1, 0.15) is 38.7 Å². The van der Waals surface area contributed by atoms with Crippen molar-refractivity contribution in [1.29, 1.82) is 0 Å². The van der Waals surface area contributed by atoms with Gasteiger partial charge in [0.25, 0.3) is 5.78 Å². The summed E-state index contributed by atoms with van der Waals surface area (Å²) in [5.74, 6) is -0.431. The number of thioether (sulfide) groups is 1. The molecule has 5 aromatic rings. The SMILES string of the molecule is Cc1ccc(CSc2nnc(N3C(=O)C(=O)/C(=C(/O)c4ccc(OCc5ccccc5C)cc4)C3c3cccs3)s2)cc1. The van der Waals surface area contributed by atoms with Gasteiger partial charge < -0.3 is 9.84 Å². The van der Waals surface area contributed by atoms with Crippen molar-refractivity contribution in [3.63, 3.8) is 0 Å². The maximum absolute atomic E-state index is 13.4. The van der Waals surface area contributed by atoms with Crippen molar-refractivity contribution < 1.29 is 19.4 Å². The molecule has 1 N–H and O–H groups in total. The summed E-state index contributed by atoms with van der Waals surface area (Å²) in [5, 5.41) is 22.2. The number of aromatic nitrogens is 2. The molecule has 0 aliphatic carbocycles. The number of hydrogen-bond acceptors (Lipinski definition) is 9. The maximum Gasteiger partial charge on any atom is 0.301 e. The summed E-state index contributed by atoms with van der Waals surface area (Å²) >= 11 is 4.17. The Labute approximate surface area is 261 Å². The van der Waals surface area contributed by atoms with Gasteiger partial charge in [-0.25, -0.2) is 0 Å². The molecule has 0 saturated carbocycles. The molecule has 2 aromatic heterocycles. The minimum atomic E-state index is -0.820. The van der Waals surface area contributed by atoms with Gasteiger partial charge in [0.2, 0.25) is 5.13 Å². The Kier molecular flexibility index (Phi) is 8.42. The summed E-state index contributed by atoms with van der Waals surface area (Å²) in [6.45, 7) is 4.49. The van der Waals surface area contributed by atoms with Crippen LogP contribution in [0.3, 0.4) is 0 Å². The van der Waals surface area contributed by atoms with Crippen molar-refractivity contribution in [1.82, 2.24) is 10.2 Å². The smallest absolute Gasteiger partial charge is 0.301 e. The van der Waals surface area contributed by atoms with E-state index < -0.39 is 17.7 Å². The number of anilines is 1. The highest BCUT2D eigenvalue weighted by Gasteiger charge is 2.48. The fourth-order valence-corrected chi connectivity index (χ4v) is 7.38. The van der Waals surface area contributed by atoms with E-state index in [1.54, 1.807) is 24.3 Å². The molecule has 6 rings (SSSR count). The normalized spacial score (nSPS) is 16.1. The number of ether oxygens (including phenoxy) is 1. The number of thiophene rings is 1. The molecule has 1 saturated heterocycles. The zero-order valence-electron chi connectivity index (χ0n) is 23.4. The lowest BCUT2D eigenvalue weighted by Crippen LogP contribution is -2.29. The predicted octanol–water partition coefficient (Wildman–Crippen LogP) is 7.71. The van der Waals surface area contributed by atoms with Crippen LogP contribution in [0.4, 0.5) is 5.13 Å². The summed E-state index contributed by atoms with van der Waals surface area (Å²) in [4.78, 5) is 29.0. The van der Waals surface area contributed by atoms with Gasteiger partial charge in [0.15, 0.2) is 4.34 Å². The van der Waals surface area contributed by atoms with E-state index in [0.717, 1.165) is 21.6 Å². The number of nitrogens with zero attached hydrogens (tertiary/aromatic N) is 3. The number of carbonyl (C=O) groups excluding carboxylic acids is 2. The molecule has 3 aromatic carbocycles. The van der Waals surface area contributed by atoms with Crippen LogP contribution in [0.2, 0.25) is 0 Å². The average molecular weight is 626 g/mol. The van der Waals surface area contributed by atoms with Crippen LogP contribution < -0.4 is 9.64 Å². The average Bonchev–Trinajstić information content (AvgIpc) is 3.77. The number of amides is 1. The standard InChI is InChI=1S/C33H27N3O4S3/c1-20-9-11-22(12-10-20)19-42-33-35-34-32(43-33)36-28(26-8-5-17-41-26)27(30(38)31(36)39)29(37)23-13-15-25(16-14-23)40-18-24-7-4-3-6-21(24)2/h3-17,28,37H,18-19H2,1-2H3/b29-27+. The number of Topliss-reactive ketones (excluding diaryl/α,β-unsaturated/α-hetero) is 1. The number of hydrogen-bond donors (Lipinski definition) is 1. The number of rotatable bonds is 9. The van der Waals surface area contributed by atoms with Gasteiger partial charge in [0.05, 0.1) is 5.57 Å². The zero-order valence-corrected chi connectivity index (χ0v) is 25.8. The topological polar surface area (TPSA) is 92.6 Å². The van der Waals surface area contributed by atoms with Crippen LogP contribution >= 0.6 is 34.4 Å². The van der Waals surface area contributed by atoms with Crippen LogP contribution in [0.5, 0.6) is 5.75 Å².